The molecule has 0 radical (unpaired) electrons. The van der Waals surface area contributed by atoms with Crippen LogP contribution in [0.5, 0.6) is 0 Å². The number of amides is 1. The highest BCUT2D eigenvalue weighted by molar-refractivity contribution is 8.02. The number of thioether (sulfide) groups is 1. The summed E-state index contributed by atoms with van der Waals surface area (Å²) < 4.78 is 4.81. The summed E-state index contributed by atoms with van der Waals surface area (Å²) >= 11 is 8.38. The lowest BCUT2D eigenvalue weighted by Gasteiger charge is -2.46. The van der Waals surface area contributed by atoms with Crippen molar-refractivity contribution in [3.63, 3.8) is 0 Å². The number of carbonyl (C=O) groups excluding carboxylic acids is 1. The predicted octanol–water partition coefficient (Wildman–Crippen LogP) is 4.55. The molecule has 0 aromatic rings. The molecule has 2 unspecified atom stereocenters. The molecule has 4 nitrogen and oxygen atoms in total. The zero-order chi connectivity index (χ0) is 19.1. The maximum Gasteiger partial charge on any atom is 0.277 e. The van der Waals surface area contributed by atoms with E-state index in [1.54, 1.807) is 5.01 Å². The molecule has 2 saturated carbocycles. The SMILES string of the molecule is COC(C1CCC(C2=CNN(C(C)(C)C)C(=O)C2(Cl)SC)CC1)C1CC1. The standard InChI is InChI=1S/C20H33ClN2O2S/c1-19(2,3)23-18(24)20(21,26-5)16(12-22-23)13-6-8-14(9-7-13)17(25-4)15-10-11-15/h12-15,17,22H,6-11H2,1-5H3. The molecule has 1 heterocycles. The quantitative estimate of drug-likeness (QED) is 0.687. The number of hydrogen-bond donors (Lipinski definition) is 1. The molecule has 1 aliphatic heterocycles. The Balaban J connectivity index is 1.72. The monoisotopic (exact) mass is 400 g/mol. The molecule has 1 amide bonds. The van der Waals surface area contributed by atoms with Gasteiger partial charge in [0.2, 0.25) is 0 Å². The van der Waals surface area contributed by atoms with Crippen molar-refractivity contribution in [2.45, 2.75) is 75.1 Å². The average molecular weight is 401 g/mol. The summed E-state index contributed by atoms with van der Waals surface area (Å²) in [5.74, 6) is 1.75. The van der Waals surface area contributed by atoms with E-state index in [0.717, 1.165) is 37.2 Å². The van der Waals surface area contributed by atoms with Crippen molar-refractivity contribution in [2.24, 2.45) is 17.8 Å². The minimum atomic E-state index is -0.993. The lowest BCUT2D eigenvalue weighted by molar-refractivity contribution is -0.140. The first-order valence-electron chi connectivity index (χ1n) is 9.80. The van der Waals surface area contributed by atoms with Crippen molar-refractivity contribution in [3.8, 4) is 0 Å². The normalized spacial score (nSPS) is 34.3. The van der Waals surface area contributed by atoms with Crippen molar-refractivity contribution >= 4 is 29.3 Å². The highest BCUT2D eigenvalue weighted by Crippen LogP contribution is 2.49. The average Bonchev–Trinajstić information content (AvgIpc) is 3.42. The van der Waals surface area contributed by atoms with Crippen molar-refractivity contribution in [2.75, 3.05) is 13.4 Å². The van der Waals surface area contributed by atoms with Gasteiger partial charge in [0.05, 0.1) is 11.6 Å². The molecule has 3 aliphatic rings. The summed E-state index contributed by atoms with van der Waals surface area (Å²) in [7, 11) is 1.86. The third-order valence-corrected chi connectivity index (χ3v) is 8.00. The van der Waals surface area contributed by atoms with Gasteiger partial charge in [-0.1, -0.05) is 11.6 Å². The first kappa shape index (κ1) is 20.3. The van der Waals surface area contributed by atoms with Crippen LogP contribution in [0.15, 0.2) is 11.8 Å². The predicted molar refractivity (Wildman–Crippen MR) is 109 cm³/mol. The molecule has 0 saturated heterocycles. The first-order valence-corrected chi connectivity index (χ1v) is 11.4. The smallest absolute Gasteiger partial charge is 0.277 e. The molecule has 0 bridgehead atoms. The summed E-state index contributed by atoms with van der Waals surface area (Å²) in [4.78, 5) is 13.1. The Morgan fingerprint density at radius 1 is 1.23 bits per heavy atom. The summed E-state index contributed by atoms with van der Waals surface area (Å²) in [6.07, 6.45) is 11.5. The second kappa shape index (κ2) is 7.56. The third-order valence-electron chi connectivity index (χ3n) is 6.19. The van der Waals surface area contributed by atoms with Crippen LogP contribution in [0.3, 0.4) is 0 Å². The highest BCUT2D eigenvalue weighted by Gasteiger charge is 2.50. The Morgan fingerprint density at radius 3 is 2.19 bits per heavy atom. The van der Waals surface area contributed by atoms with Gasteiger partial charge in [0, 0.05) is 13.3 Å². The van der Waals surface area contributed by atoms with Gasteiger partial charge in [-0.3, -0.25) is 4.79 Å². The minimum absolute atomic E-state index is 0.0495. The van der Waals surface area contributed by atoms with Crippen LogP contribution in [-0.4, -0.2) is 40.1 Å². The van der Waals surface area contributed by atoms with E-state index in [1.165, 1.54) is 24.6 Å². The largest absolute Gasteiger partial charge is 0.381 e. The highest BCUT2D eigenvalue weighted by atomic mass is 35.5. The van der Waals surface area contributed by atoms with Crippen LogP contribution < -0.4 is 5.43 Å². The Labute approximate surface area is 167 Å². The van der Waals surface area contributed by atoms with Crippen molar-refractivity contribution in [1.29, 1.82) is 0 Å². The number of hydrazine groups is 1. The molecule has 2 fully saturated rings. The molecule has 1 N–H and O–H groups in total. The Bertz CT molecular complexity index is 565. The van der Waals surface area contributed by atoms with E-state index in [2.05, 4.69) is 5.43 Å². The summed E-state index contributed by atoms with van der Waals surface area (Å²) in [5.41, 5.74) is 3.95. The molecule has 0 aromatic heterocycles. The van der Waals surface area contributed by atoms with Crippen LogP contribution in [0.2, 0.25) is 0 Å². The van der Waals surface area contributed by atoms with Crippen LogP contribution in [0.25, 0.3) is 0 Å². The Kier molecular flexibility index (Phi) is 5.91. The number of halogens is 1. The van der Waals surface area contributed by atoms with E-state index in [4.69, 9.17) is 16.3 Å². The number of rotatable bonds is 5. The van der Waals surface area contributed by atoms with Gasteiger partial charge in [-0.05, 0) is 88.9 Å². The first-order chi connectivity index (χ1) is 12.2. The number of alkyl halides is 1. The molecular weight excluding hydrogens is 368 g/mol. The molecule has 3 rings (SSSR count). The molecule has 6 heteroatoms. The fraction of sp³-hybridized carbons (Fsp3) is 0.850. The molecular formula is C20H33ClN2O2S. The van der Waals surface area contributed by atoms with Crippen molar-refractivity contribution in [3.05, 3.63) is 11.8 Å². The summed E-state index contributed by atoms with van der Waals surface area (Å²) in [6, 6.07) is 0. The molecule has 0 aromatic carbocycles. The number of nitrogens with zero attached hydrogens (tertiary/aromatic N) is 1. The van der Waals surface area contributed by atoms with Gasteiger partial charge in [0.15, 0.2) is 4.21 Å². The van der Waals surface area contributed by atoms with Gasteiger partial charge >= 0.3 is 0 Å². The lowest BCUT2D eigenvalue weighted by atomic mass is 9.74. The number of methoxy groups -OCH3 is 1. The van der Waals surface area contributed by atoms with Gasteiger partial charge in [0.1, 0.15) is 0 Å². The lowest BCUT2D eigenvalue weighted by Crippen LogP contribution is -2.61. The van der Waals surface area contributed by atoms with Crippen LogP contribution in [0.4, 0.5) is 0 Å². The zero-order valence-electron chi connectivity index (χ0n) is 16.7. The molecule has 0 spiro atoms. The summed E-state index contributed by atoms with van der Waals surface area (Å²) in [6.45, 7) is 6.05. The minimum Gasteiger partial charge on any atom is -0.381 e. The van der Waals surface area contributed by atoms with Crippen molar-refractivity contribution < 1.29 is 9.53 Å². The Morgan fingerprint density at radius 2 is 1.77 bits per heavy atom. The van der Waals surface area contributed by atoms with Gasteiger partial charge < -0.3 is 10.2 Å². The second-order valence-electron chi connectivity index (χ2n) is 8.99. The molecule has 2 aliphatic carbocycles. The topological polar surface area (TPSA) is 41.6 Å². The molecule has 148 valence electrons. The fourth-order valence-corrected chi connectivity index (χ4v) is 5.61. The fourth-order valence-electron chi connectivity index (χ4n) is 4.59. The number of nitrogens with one attached hydrogen (secondary N) is 1. The van der Waals surface area contributed by atoms with Crippen LogP contribution >= 0.6 is 23.4 Å². The second-order valence-corrected chi connectivity index (χ2v) is 10.8. The van der Waals surface area contributed by atoms with Gasteiger partial charge in [-0.25, -0.2) is 5.01 Å². The van der Waals surface area contributed by atoms with Crippen LogP contribution in [0.1, 0.15) is 59.3 Å². The van der Waals surface area contributed by atoms with Crippen LogP contribution in [0, 0.1) is 17.8 Å². The zero-order valence-corrected chi connectivity index (χ0v) is 18.3. The van der Waals surface area contributed by atoms with E-state index >= 15 is 0 Å². The van der Waals surface area contributed by atoms with Gasteiger partial charge in [0.25, 0.3) is 5.91 Å². The van der Waals surface area contributed by atoms with E-state index in [-0.39, 0.29) is 11.4 Å². The van der Waals surface area contributed by atoms with E-state index in [0.29, 0.717) is 17.9 Å². The van der Waals surface area contributed by atoms with Crippen LogP contribution in [-0.2, 0) is 9.53 Å². The summed E-state index contributed by atoms with van der Waals surface area (Å²) in [5, 5.41) is 1.67. The number of carbonyl (C=O) groups is 1. The maximum atomic E-state index is 13.1. The number of hydrogen-bond acceptors (Lipinski definition) is 4. The van der Waals surface area contributed by atoms with Gasteiger partial charge in [-0.15, -0.1) is 11.8 Å². The molecule has 26 heavy (non-hydrogen) atoms. The van der Waals surface area contributed by atoms with E-state index in [9.17, 15) is 4.79 Å². The number of ether oxygens (including phenoxy) is 1. The third kappa shape index (κ3) is 3.77. The Hall–Kier alpha value is -0.390. The molecule has 2 atom stereocenters. The maximum absolute atomic E-state index is 13.1. The van der Waals surface area contributed by atoms with Crippen molar-refractivity contribution in [1.82, 2.24) is 10.4 Å². The van der Waals surface area contributed by atoms with Gasteiger partial charge in [-0.2, -0.15) is 0 Å². The van der Waals surface area contributed by atoms with E-state index in [1.807, 2.05) is 40.3 Å². The van der Waals surface area contributed by atoms with E-state index < -0.39 is 4.21 Å².